The fourth-order valence-corrected chi connectivity index (χ4v) is 2.92. The molecule has 1 atom stereocenters. The maximum atomic E-state index is 12.3. The quantitative estimate of drug-likeness (QED) is 0.195. The number of hydrogen-bond acceptors (Lipinski definition) is 10. The van der Waals surface area contributed by atoms with Crippen LogP contribution < -0.4 is 21.6 Å². The van der Waals surface area contributed by atoms with Gasteiger partial charge in [-0.15, -0.1) is 4.91 Å². The number of benzene rings is 1. The van der Waals surface area contributed by atoms with E-state index in [1.807, 2.05) is 0 Å². The Bertz CT molecular complexity index is 1310. The van der Waals surface area contributed by atoms with Crippen molar-refractivity contribution in [2.24, 2.45) is 5.29 Å². The minimum Gasteiger partial charge on any atom is -0.481 e. The Morgan fingerprint density at radius 3 is 2.50 bits per heavy atom. The van der Waals surface area contributed by atoms with E-state index >= 15 is 0 Å². The molecule has 15 heteroatoms. The van der Waals surface area contributed by atoms with E-state index in [2.05, 4.69) is 30.5 Å². The number of anilines is 2. The maximum absolute atomic E-state index is 12.3. The van der Waals surface area contributed by atoms with Gasteiger partial charge in [-0.05, 0) is 30.7 Å². The first-order valence-corrected chi connectivity index (χ1v) is 9.65. The molecule has 3 aromatic rings. The maximum Gasteiger partial charge on any atom is 0.326 e. The topological polar surface area (TPSA) is 234 Å². The monoisotopic (exact) mass is 470 g/mol. The van der Waals surface area contributed by atoms with Gasteiger partial charge in [-0.1, -0.05) is 0 Å². The number of carboxylic acid groups (broad SMARTS) is 2. The van der Waals surface area contributed by atoms with Gasteiger partial charge in [-0.3, -0.25) is 19.4 Å². The summed E-state index contributed by atoms with van der Waals surface area (Å²) < 4.78 is 0. The molecule has 0 aliphatic heterocycles. The highest BCUT2D eigenvalue weighted by Crippen LogP contribution is 2.18. The number of carboxylic acids is 2. The molecule has 0 saturated heterocycles. The first-order chi connectivity index (χ1) is 16.2. The number of amides is 1. The van der Waals surface area contributed by atoms with E-state index in [0.717, 1.165) is 5.01 Å². The Kier molecular flexibility index (Phi) is 7.05. The molecule has 0 fully saturated rings. The minimum atomic E-state index is -1.38. The van der Waals surface area contributed by atoms with Gasteiger partial charge >= 0.3 is 11.9 Å². The Morgan fingerprint density at radius 1 is 1.18 bits per heavy atom. The second-order valence-corrected chi connectivity index (χ2v) is 6.97. The average molecular weight is 470 g/mol. The summed E-state index contributed by atoms with van der Waals surface area (Å²) in [4.78, 5) is 71.9. The van der Waals surface area contributed by atoms with E-state index in [4.69, 9.17) is 15.9 Å². The second-order valence-electron chi connectivity index (χ2n) is 6.97. The molecule has 1 amide bonds. The summed E-state index contributed by atoms with van der Waals surface area (Å²) >= 11 is 0. The summed E-state index contributed by atoms with van der Waals surface area (Å²) in [5.74, 6) is -3.40. The van der Waals surface area contributed by atoms with E-state index in [0.29, 0.717) is 0 Å². The van der Waals surface area contributed by atoms with Gasteiger partial charge in [0.25, 0.3) is 11.5 Å². The van der Waals surface area contributed by atoms with Gasteiger partial charge in [0, 0.05) is 12.0 Å². The number of aliphatic carboxylic acids is 2. The molecule has 1 aromatic carbocycles. The van der Waals surface area contributed by atoms with Crippen LogP contribution in [0.25, 0.3) is 11.2 Å². The zero-order valence-corrected chi connectivity index (χ0v) is 17.3. The van der Waals surface area contributed by atoms with Gasteiger partial charge in [0.05, 0.1) is 29.4 Å². The number of nitrogens with zero attached hydrogens (tertiary/aromatic N) is 5. The third-order valence-corrected chi connectivity index (χ3v) is 4.57. The van der Waals surface area contributed by atoms with Crippen LogP contribution in [0.4, 0.5) is 11.6 Å². The fourth-order valence-electron chi connectivity index (χ4n) is 2.92. The Hall–Kier alpha value is -4.95. The summed E-state index contributed by atoms with van der Waals surface area (Å²) in [6, 6.07) is 4.08. The molecule has 0 bridgehead atoms. The molecule has 0 spiro atoms. The third-order valence-electron chi connectivity index (χ3n) is 4.57. The summed E-state index contributed by atoms with van der Waals surface area (Å²) in [5, 5.41) is 24.0. The first kappa shape index (κ1) is 23.7. The van der Waals surface area contributed by atoms with Crippen LogP contribution in [0, 0.1) is 4.91 Å². The Balaban J connectivity index is 1.73. The molecule has 0 aliphatic carbocycles. The van der Waals surface area contributed by atoms with Gasteiger partial charge in [-0.2, -0.15) is 4.98 Å². The van der Waals surface area contributed by atoms with Crippen LogP contribution >= 0.6 is 0 Å². The number of hydrogen-bond donors (Lipinski definition) is 5. The van der Waals surface area contributed by atoms with Crippen molar-refractivity contribution in [3.63, 3.8) is 0 Å². The van der Waals surface area contributed by atoms with Crippen LogP contribution in [0.5, 0.6) is 0 Å². The summed E-state index contributed by atoms with van der Waals surface area (Å²) in [6.45, 7) is -0.155. The number of rotatable bonds is 10. The minimum absolute atomic E-state index is 0.0361. The Morgan fingerprint density at radius 2 is 1.88 bits per heavy atom. The molecule has 15 nitrogen and oxygen atoms in total. The molecule has 6 N–H and O–H groups in total. The van der Waals surface area contributed by atoms with Crippen molar-refractivity contribution in [3.8, 4) is 0 Å². The largest absolute Gasteiger partial charge is 0.481 e. The lowest BCUT2D eigenvalue weighted by molar-refractivity contribution is -0.140. The number of fused-ring (bicyclic) bond motifs is 1. The van der Waals surface area contributed by atoms with E-state index in [1.165, 1.54) is 30.5 Å². The number of nitrogen functional groups attached to an aromatic ring is 1. The molecule has 3 rings (SSSR count). The molecule has 0 saturated carbocycles. The number of H-pyrrole nitrogens is 1. The van der Waals surface area contributed by atoms with Crippen LogP contribution in [-0.2, 0) is 16.1 Å². The molecular formula is C19H18N8O7. The number of nitroso groups, excluding NO2 is 1. The van der Waals surface area contributed by atoms with Crippen molar-refractivity contribution in [2.75, 3.05) is 10.7 Å². The predicted octanol–water partition coefficient (Wildman–Crippen LogP) is 0.0311. The zero-order chi connectivity index (χ0) is 24.8. The summed E-state index contributed by atoms with van der Waals surface area (Å²) in [6.07, 6.45) is 0.593. The molecule has 34 heavy (non-hydrogen) atoms. The number of carbonyl (C=O) groups is 3. The van der Waals surface area contributed by atoms with Crippen LogP contribution in [0.1, 0.15) is 28.9 Å². The predicted molar refractivity (Wildman–Crippen MR) is 117 cm³/mol. The number of nitrogens with one attached hydrogen (secondary N) is 2. The van der Waals surface area contributed by atoms with E-state index in [1.54, 1.807) is 0 Å². The van der Waals surface area contributed by atoms with Crippen LogP contribution in [0.2, 0.25) is 0 Å². The summed E-state index contributed by atoms with van der Waals surface area (Å²) in [5.41, 5.74) is 5.42. The molecule has 0 radical (unpaired) electrons. The molecule has 176 valence electrons. The van der Waals surface area contributed by atoms with Crippen LogP contribution in [0.3, 0.4) is 0 Å². The van der Waals surface area contributed by atoms with Crippen molar-refractivity contribution in [1.29, 1.82) is 0 Å². The van der Waals surface area contributed by atoms with Gasteiger partial charge in [-0.25, -0.2) is 19.8 Å². The standard InChI is InChI=1S/C19H18N8O7/c20-19-24-15-14(17(31)25-19)22-10(7-21-15)8-27(26-34)11-3-1-9(2-4-11)16(30)23-12(18(32)33)5-6-13(28)29/h1-4,7,12H,5-6,8H2,(H,23,30)(H,28,29)(H,32,33)(H3,20,21,24,25,31). The van der Waals surface area contributed by atoms with E-state index < -0.39 is 35.9 Å². The van der Waals surface area contributed by atoms with Crippen molar-refractivity contribution in [3.05, 3.63) is 57.0 Å². The second kappa shape index (κ2) is 10.1. The van der Waals surface area contributed by atoms with E-state index in [-0.39, 0.29) is 47.0 Å². The van der Waals surface area contributed by atoms with Crippen molar-refractivity contribution in [2.45, 2.75) is 25.4 Å². The lowest BCUT2D eigenvalue weighted by Gasteiger charge is -2.16. The van der Waals surface area contributed by atoms with Crippen molar-refractivity contribution >= 4 is 40.6 Å². The van der Waals surface area contributed by atoms with Gasteiger partial charge < -0.3 is 21.3 Å². The number of aromatic nitrogens is 4. The number of carbonyl (C=O) groups excluding carboxylic acids is 1. The lowest BCUT2D eigenvalue weighted by atomic mass is 10.1. The smallest absolute Gasteiger partial charge is 0.326 e. The van der Waals surface area contributed by atoms with Gasteiger partial charge in [0.15, 0.2) is 11.2 Å². The Labute approximate surface area is 189 Å². The molecular weight excluding hydrogens is 452 g/mol. The van der Waals surface area contributed by atoms with Crippen molar-refractivity contribution < 1.29 is 24.6 Å². The lowest BCUT2D eigenvalue weighted by Crippen LogP contribution is -2.41. The highest BCUT2D eigenvalue weighted by Gasteiger charge is 2.22. The fraction of sp³-hybridized carbons (Fsp3) is 0.211. The molecule has 1 unspecified atom stereocenters. The van der Waals surface area contributed by atoms with Crippen LogP contribution in [-0.4, -0.2) is 54.0 Å². The SMILES string of the molecule is Nc1nc2ncc(CN(N=O)c3ccc(C(=O)NC(CCC(=O)O)C(=O)O)cc3)nc2c(=O)[nH]1. The van der Waals surface area contributed by atoms with E-state index in [9.17, 15) is 24.1 Å². The summed E-state index contributed by atoms with van der Waals surface area (Å²) in [7, 11) is 0. The number of nitrogens with two attached hydrogens (primary N) is 1. The molecule has 0 aliphatic rings. The first-order valence-electron chi connectivity index (χ1n) is 9.65. The molecule has 2 heterocycles. The van der Waals surface area contributed by atoms with Gasteiger partial charge in [0.1, 0.15) is 6.04 Å². The normalized spacial score (nSPS) is 11.5. The van der Waals surface area contributed by atoms with Crippen LogP contribution in [0.15, 0.2) is 40.5 Å². The van der Waals surface area contributed by atoms with Gasteiger partial charge in [0.2, 0.25) is 5.95 Å². The average Bonchev–Trinajstić information content (AvgIpc) is 2.80. The number of aromatic amines is 1. The highest BCUT2D eigenvalue weighted by molar-refractivity contribution is 5.97. The van der Waals surface area contributed by atoms with Crippen molar-refractivity contribution in [1.82, 2.24) is 25.3 Å². The highest BCUT2D eigenvalue weighted by atomic mass is 16.4. The third kappa shape index (κ3) is 5.64. The zero-order valence-electron chi connectivity index (χ0n) is 17.3. The molecule has 2 aromatic heterocycles.